The standard InChI is InChI=1S/C7H6O2S.Na/c10-6-3-1-2-5-7(6)9-4-8-5;/h1-3,10H,4H2;/q;+1/p-1. The van der Waals surface area contributed by atoms with Gasteiger partial charge in [-0.3, -0.25) is 0 Å². The second-order valence-electron chi connectivity index (χ2n) is 1.99. The van der Waals surface area contributed by atoms with Crippen molar-refractivity contribution in [3.8, 4) is 11.5 Å². The first-order chi connectivity index (χ1) is 4.88. The molecule has 0 radical (unpaired) electrons. The maximum absolute atomic E-state index is 5.10. The minimum atomic E-state index is 0. The maximum Gasteiger partial charge on any atom is 1.00 e. The predicted molar refractivity (Wildman–Crippen MR) is 38.2 cm³/mol. The van der Waals surface area contributed by atoms with Crippen LogP contribution in [-0.2, 0) is 12.6 Å². The topological polar surface area (TPSA) is 18.5 Å². The zero-order valence-corrected chi connectivity index (χ0v) is 8.98. The fourth-order valence-electron chi connectivity index (χ4n) is 0.903. The van der Waals surface area contributed by atoms with Gasteiger partial charge in [-0.05, 0) is 6.07 Å². The van der Waals surface area contributed by atoms with Crippen LogP contribution in [0.4, 0.5) is 0 Å². The number of para-hydroxylation sites is 1. The molecule has 0 N–H and O–H groups in total. The van der Waals surface area contributed by atoms with Crippen LogP contribution in [0.25, 0.3) is 0 Å². The van der Waals surface area contributed by atoms with Crippen molar-refractivity contribution >= 4 is 12.6 Å². The van der Waals surface area contributed by atoms with Crippen LogP contribution in [0.5, 0.6) is 11.5 Å². The van der Waals surface area contributed by atoms with Gasteiger partial charge in [-0.2, -0.15) is 0 Å². The number of hydrogen-bond acceptors (Lipinski definition) is 3. The molecule has 1 aliphatic rings. The molecule has 4 heteroatoms. The van der Waals surface area contributed by atoms with Crippen LogP contribution in [0.1, 0.15) is 0 Å². The van der Waals surface area contributed by atoms with Gasteiger partial charge in [0.25, 0.3) is 0 Å². The van der Waals surface area contributed by atoms with Gasteiger partial charge >= 0.3 is 29.6 Å². The molecule has 52 valence electrons. The van der Waals surface area contributed by atoms with E-state index in [1.54, 1.807) is 0 Å². The van der Waals surface area contributed by atoms with Crippen LogP contribution in [0.3, 0.4) is 0 Å². The van der Waals surface area contributed by atoms with Crippen LogP contribution in [0.2, 0.25) is 0 Å². The smallest absolute Gasteiger partial charge is 0.776 e. The first-order valence-corrected chi connectivity index (χ1v) is 3.34. The van der Waals surface area contributed by atoms with E-state index in [9.17, 15) is 0 Å². The first-order valence-electron chi connectivity index (χ1n) is 2.93. The first kappa shape index (κ1) is 9.13. The van der Waals surface area contributed by atoms with Crippen LogP contribution in [0, 0.1) is 0 Å². The zero-order chi connectivity index (χ0) is 6.97. The Morgan fingerprint density at radius 1 is 1.27 bits per heavy atom. The summed E-state index contributed by atoms with van der Waals surface area (Å²) in [5.74, 6) is 1.46. The predicted octanol–water partition coefficient (Wildman–Crippen LogP) is -1.67. The van der Waals surface area contributed by atoms with Crippen molar-refractivity contribution in [3.05, 3.63) is 18.2 Å². The molecule has 0 bridgehead atoms. The molecular formula is C7H5NaO2S. The van der Waals surface area contributed by atoms with Gasteiger partial charge in [0, 0.05) is 0 Å². The van der Waals surface area contributed by atoms with Crippen molar-refractivity contribution in [2.24, 2.45) is 0 Å². The van der Waals surface area contributed by atoms with E-state index in [2.05, 4.69) is 0 Å². The van der Waals surface area contributed by atoms with E-state index in [1.807, 2.05) is 18.2 Å². The molecule has 0 aliphatic carbocycles. The zero-order valence-electron chi connectivity index (χ0n) is 6.16. The molecule has 0 amide bonds. The molecule has 1 aliphatic heterocycles. The van der Waals surface area contributed by atoms with E-state index in [0.29, 0.717) is 12.5 Å². The Kier molecular flexibility index (Phi) is 3.01. The van der Waals surface area contributed by atoms with Gasteiger partial charge in [0.15, 0.2) is 5.75 Å². The van der Waals surface area contributed by atoms with Crippen molar-refractivity contribution in [1.29, 1.82) is 0 Å². The maximum atomic E-state index is 5.10. The summed E-state index contributed by atoms with van der Waals surface area (Å²) in [4.78, 5) is 0.718. The number of hydrogen-bond donors (Lipinski definition) is 0. The molecule has 0 spiro atoms. The fourth-order valence-corrected chi connectivity index (χ4v) is 1.14. The second kappa shape index (κ2) is 3.63. The second-order valence-corrected chi connectivity index (χ2v) is 2.43. The third-order valence-corrected chi connectivity index (χ3v) is 1.68. The molecule has 1 heterocycles. The van der Waals surface area contributed by atoms with Crippen LogP contribution in [-0.4, -0.2) is 6.79 Å². The molecule has 0 fully saturated rings. The van der Waals surface area contributed by atoms with Crippen molar-refractivity contribution in [2.45, 2.75) is 4.90 Å². The fraction of sp³-hybridized carbons (Fsp3) is 0.143. The molecule has 0 saturated heterocycles. The summed E-state index contributed by atoms with van der Waals surface area (Å²) in [6, 6.07) is 5.52. The van der Waals surface area contributed by atoms with E-state index in [-0.39, 0.29) is 29.6 Å². The number of benzene rings is 1. The van der Waals surface area contributed by atoms with Crippen LogP contribution >= 0.6 is 0 Å². The Morgan fingerprint density at radius 2 is 2.09 bits per heavy atom. The Labute approximate surface area is 92.6 Å². The van der Waals surface area contributed by atoms with Crippen molar-refractivity contribution < 1.29 is 39.0 Å². The molecule has 1 aromatic carbocycles. The van der Waals surface area contributed by atoms with Crippen molar-refractivity contribution in [2.75, 3.05) is 6.79 Å². The molecule has 2 nitrogen and oxygen atoms in total. The van der Waals surface area contributed by atoms with Gasteiger partial charge < -0.3 is 22.1 Å². The van der Waals surface area contributed by atoms with E-state index >= 15 is 0 Å². The molecule has 2 rings (SSSR count). The summed E-state index contributed by atoms with van der Waals surface area (Å²) >= 11 is 4.97. The molecule has 1 aromatic rings. The van der Waals surface area contributed by atoms with Gasteiger partial charge in [0.2, 0.25) is 6.79 Å². The third-order valence-electron chi connectivity index (χ3n) is 1.36. The van der Waals surface area contributed by atoms with Crippen molar-refractivity contribution in [3.63, 3.8) is 0 Å². The van der Waals surface area contributed by atoms with Gasteiger partial charge in [-0.25, -0.2) is 0 Å². The van der Waals surface area contributed by atoms with E-state index in [1.165, 1.54) is 0 Å². The molecular weight excluding hydrogens is 171 g/mol. The summed E-state index contributed by atoms with van der Waals surface area (Å²) in [6.45, 7) is 0.295. The van der Waals surface area contributed by atoms with E-state index in [0.717, 1.165) is 10.6 Å². The molecule has 0 atom stereocenters. The summed E-state index contributed by atoms with van der Waals surface area (Å²) < 4.78 is 10.2. The monoisotopic (exact) mass is 176 g/mol. The Hall–Kier alpha value is 0.0400. The van der Waals surface area contributed by atoms with Gasteiger partial charge in [0.05, 0.1) is 0 Å². The Bertz CT molecular complexity index is 265. The average Bonchev–Trinajstić information content (AvgIpc) is 2.36. The number of rotatable bonds is 0. The Balaban J connectivity index is 0.000000605. The Morgan fingerprint density at radius 3 is 2.82 bits per heavy atom. The number of fused-ring (bicyclic) bond motifs is 1. The third kappa shape index (κ3) is 1.62. The van der Waals surface area contributed by atoms with Crippen molar-refractivity contribution in [1.82, 2.24) is 0 Å². The van der Waals surface area contributed by atoms with Gasteiger partial charge in [-0.1, -0.05) is 12.1 Å². The summed E-state index contributed by atoms with van der Waals surface area (Å²) in [6.07, 6.45) is 0. The largest absolute Gasteiger partial charge is 1.00 e. The summed E-state index contributed by atoms with van der Waals surface area (Å²) in [5, 5.41) is 0. The van der Waals surface area contributed by atoms with Gasteiger partial charge in [0.1, 0.15) is 5.75 Å². The summed E-state index contributed by atoms with van der Waals surface area (Å²) in [5.41, 5.74) is 0. The van der Waals surface area contributed by atoms with E-state index < -0.39 is 0 Å². The van der Waals surface area contributed by atoms with E-state index in [4.69, 9.17) is 22.1 Å². The molecule has 11 heavy (non-hydrogen) atoms. The number of ether oxygens (including phenoxy) is 2. The molecule has 0 aromatic heterocycles. The van der Waals surface area contributed by atoms with Gasteiger partial charge in [-0.15, -0.1) is 4.90 Å². The van der Waals surface area contributed by atoms with Crippen LogP contribution in [0.15, 0.2) is 23.1 Å². The average molecular weight is 176 g/mol. The minimum absolute atomic E-state index is 0. The molecule has 0 saturated carbocycles. The van der Waals surface area contributed by atoms with Crippen LogP contribution < -0.4 is 39.0 Å². The SMILES string of the molecule is [Na+].[S-]c1cccc2c1OCO2. The normalized spacial score (nSPS) is 12.4. The minimum Gasteiger partial charge on any atom is -0.776 e. The summed E-state index contributed by atoms with van der Waals surface area (Å²) in [7, 11) is 0. The quantitative estimate of drug-likeness (QED) is 0.348. The molecule has 0 unspecified atom stereocenters.